The van der Waals surface area contributed by atoms with Crippen LogP contribution in [0.3, 0.4) is 0 Å². The molecule has 0 radical (unpaired) electrons. The van der Waals surface area contributed by atoms with E-state index in [2.05, 4.69) is 15.6 Å². The van der Waals surface area contributed by atoms with Gasteiger partial charge in [0.15, 0.2) is 0 Å². The number of ether oxygens (including phenoxy) is 2. The lowest BCUT2D eigenvalue weighted by molar-refractivity contribution is -0.127. The van der Waals surface area contributed by atoms with Gasteiger partial charge in [0, 0.05) is 0 Å². The third-order valence-corrected chi connectivity index (χ3v) is 3.17. The van der Waals surface area contributed by atoms with Crippen LogP contribution < -0.4 is 10.9 Å². The van der Waals surface area contributed by atoms with E-state index >= 15 is 0 Å². The van der Waals surface area contributed by atoms with E-state index in [1.54, 1.807) is 6.92 Å². The fraction of sp³-hybridized carbons (Fsp3) is 0.222. The van der Waals surface area contributed by atoms with Crippen LogP contribution in [0, 0.1) is 0 Å². The molecule has 24 heavy (non-hydrogen) atoms. The first-order valence-corrected chi connectivity index (χ1v) is 7.63. The second kappa shape index (κ2) is 9.32. The van der Waals surface area contributed by atoms with Crippen molar-refractivity contribution in [2.45, 2.75) is 13.0 Å². The number of carbonyl (C=O) groups is 2. The number of hydrogen-bond acceptors (Lipinski definition) is 4. The van der Waals surface area contributed by atoms with Crippen molar-refractivity contribution < 1.29 is 19.1 Å². The SMILES string of the molecule is CCOC(=O)NNC(=O)COC(c1ccccc1)c1ccccc1. The Balaban J connectivity index is 1.97. The summed E-state index contributed by atoms with van der Waals surface area (Å²) in [5.74, 6) is -0.472. The molecule has 6 nitrogen and oxygen atoms in total. The molecule has 6 heteroatoms. The Bertz CT molecular complexity index is 607. The molecule has 0 bridgehead atoms. The van der Waals surface area contributed by atoms with Crippen LogP contribution in [-0.4, -0.2) is 25.2 Å². The van der Waals surface area contributed by atoms with E-state index in [0.717, 1.165) is 11.1 Å². The molecule has 2 rings (SSSR count). The summed E-state index contributed by atoms with van der Waals surface area (Å²) in [5, 5.41) is 0. The van der Waals surface area contributed by atoms with Gasteiger partial charge in [-0.3, -0.25) is 10.2 Å². The molecule has 2 aromatic rings. The van der Waals surface area contributed by atoms with Crippen LogP contribution in [0.1, 0.15) is 24.2 Å². The third kappa shape index (κ3) is 5.40. The maximum Gasteiger partial charge on any atom is 0.426 e. The summed E-state index contributed by atoms with van der Waals surface area (Å²) >= 11 is 0. The topological polar surface area (TPSA) is 76.7 Å². The number of rotatable bonds is 6. The molecular weight excluding hydrogens is 308 g/mol. The summed E-state index contributed by atoms with van der Waals surface area (Å²) in [6, 6.07) is 19.2. The molecule has 2 aromatic carbocycles. The predicted molar refractivity (Wildman–Crippen MR) is 89.0 cm³/mol. The van der Waals surface area contributed by atoms with Gasteiger partial charge in [-0.25, -0.2) is 10.2 Å². The van der Waals surface area contributed by atoms with Gasteiger partial charge in [0.25, 0.3) is 5.91 Å². The molecule has 0 aliphatic heterocycles. The van der Waals surface area contributed by atoms with Gasteiger partial charge in [-0.1, -0.05) is 60.7 Å². The second-order valence-electron chi connectivity index (χ2n) is 4.91. The van der Waals surface area contributed by atoms with Gasteiger partial charge >= 0.3 is 6.09 Å². The highest BCUT2D eigenvalue weighted by Gasteiger charge is 2.16. The molecule has 0 aliphatic rings. The molecule has 0 saturated carbocycles. The number of amides is 2. The summed E-state index contributed by atoms with van der Waals surface area (Å²) in [7, 11) is 0. The molecule has 2 N–H and O–H groups in total. The number of benzene rings is 2. The van der Waals surface area contributed by atoms with Gasteiger partial charge in [-0.05, 0) is 18.1 Å². The molecule has 0 fully saturated rings. The van der Waals surface area contributed by atoms with Gasteiger partial charge < -0.3 is 9.47 Å². The number of hydrogen-bond donors (Lipinski definition) is 2. The minimum absolute atomic E-state index is 0.207. The van der Waals surface area contributed by atoms with Gasteiger partial charge in [-0.15, -0.1) is 0 Å². The average molecular weight is 328 g/mol. The molecule has 0 aliphatic carbocycles. The van der Waals surface area contributed by atoms with Crippen molar-refractivity contribution in [2.75, 3.05) is 13.2 Å². The highest BCUT2D eigenvalue weighted by atomic mass is 16.6. The fourth-order valence-corrected chi connectivity index (χ4v) is 2.12. The minimum Gasteiger partial charge on any atom is -0.449 e. The minimum atomic E-state index is -0.714. The quantitative estimate of drug-likeness (QED) is 0.799. The van der Waals surface area contributed by atoms with Crippen molar-refractivity contribution in [3.63, 3.8) is 0 Å². The van der Waals surface area contributed by atoms with Crippen molar-refractivity contribution in [3.8, 4) is 0 Å². The van der Waals surface area contributed by atoms with Crippen LogP contribution in [0.5, 0.6) is 0 Å². The Morgan fingerprint density at radius 2 is 1.46 bits per heavy atom. The Morgan fingerprint density at radius 1 is 0.917 bits per heavy atom. The first-order valence-electron chi connectivity index (χ1n) is 7.63. The summed E-state index contributed by atoms with van der Waals surface area (Å²) in [5.41, 5.74) is 6.26. The van der Waals surface area contributed by atoms with E-state index in [9.17, 15) is 9.59 Å². The summed E-state index contributed by atoms with van der Waals surface area (Å²) < 4.78 is 10.4. The zero-order chi connectivity index (χ0) is 17.2. The number of hydrazine groups is 1. The summed E-state index contributed by atoms with van der Waals surface area (Å²) in [6.07, 6.45) is -1.09. The molecule has 0 aromatic heterocycles. The Hall–Kier alpha value is -2.86. The molecule has 0 heterocycles. The first kappa shape index (κ1) is 17.5. The summed E-state index contributed by atoms with van der Waals surface area (Å²) in [6.45, 7) is 1.69. The van der Waals surface area contributed by atoms with E-state index in [-0.39, 0.29) is 19.3 Å². The third-order valence-electron chi connectivity index (χ3n) is 3.17. The smallest absolute Gasteiger partial charge is 0.426 e. The van der Waals surface area contributed by atoms with Crippen molar-refractivity contribution in [1.29, 1.82) is 0 Å². The molecule has 0 unspecified atom stereocenters. The zero-order valence-corrected chi connectivity index (χ0v) is 13.4. The van der Waals surface area contributed by atoms with Crippen molar-refractivity contribution in [2.24, 2.45) is 0 Å². The number of nitrogens with one attached hydrogen (secondary N) is 2. The van der Waals surface area contributed by atoms with Crippen molar-refractivity contribution in [1.82, 2.24) is 10.9 Å². The maximum atomic E-state index is 11.8. The largest absolute Gasteiger partial charge is 0.449 e. The average Bonchev–Trinajstić information content (AvgIpc) is 2.62. The molecule has 2 amide bonds. The molecule has 126 valence electrons. The van der Waals surface area contributed by atoms with Gasteiger partial charge in [0.2, 0.25) is 0 Å². The van der Waals surface area contributed by atoms with E-state index in [0.29, 0.717) is 0 Å². The van der Waals surface area contributed by atoms with E-state index in [1.807, 2.05) is 60.7 Å². The summed E-state index contributed by atoms with van der Waals surface area (Å²) in [4.78, 5) is 23.0. The highest BCUT2D eigenvalue weighted by Crippen LogP contribution is 2.25. The van der Waals surface area contributed by atoms with Crippen LogP contribution in [0.25, 0.3) is 0 Å². The highest BCUT2D eigenvalue weighted by molar-refractivity contribution is 5.80. The van der Waals surface area contributed by atoms with Crippen LogP contribution in [0.4, 0.5) is 4.79 Å². The number of carbonyl (C=O) groups excluding carboxylic acids is 2. The van der Waals surface area contributed by atoms with Crippen molar-refractivity contribution in [3.05, 3.63) is 71.8 Å². The van der Waals surface area contributed by atoms with E-state index in [1.165, 1.54) is 0 Å². The van der Waals surface area contributed by atoms with Crippen LogP contribution in [0.2, 0.25) is 0 Å². The Kier molecular flexibility index (Phi) is 6.79. The van der Waals surface area contributed by atoms with Gasteiger partial charge in [0.1, 0.15) is 12.7 Å². The monoisotopic (exact) mass is 328 g/mol. The van der Waals surface area contributed by atoms with Crippen LogP contribution in [-0.2, 0) is 14.3 Å². The molecule has 0 saturated heterocycles. The van der Waals surface area contributed by atoms with E-state index < -0.39 is 12.0 Å². The molecule has 0 spiro atoms. The zero-order valence-electron chi connectivity index (χ0n) is 13.4. The standard InChI is InChI=1S/C18H20N2O4/c1-2-23-18(22)20-19-16(21)13-24-17(14-9-5-3-6-10-14)15-11-7-4-8-12-15/h3-12,17H,2,13H2,1H3,(H,19,21)(H,20,22). The fourth-order valence-electron chi connectivity index (χ4n) is 2.12. The van der Waals surface area contributed by atoms with E-state index in [4.69, 9.17) is 4.74 Å². The Labute approximate surface area is 140 Å². The maximum absolute atomic E-state index is 11.8. The Morgan fingerprint density at radius 3 is 1.96 bits per heavy atom. The first-order chi connectivity index (χ1) is 11.7. The molecule has 0 atom stereocenters. The normalized spacial score (nSPS) is 10.2. The van der Waals surface area contributed by atoms with Crippen LogP contribution in [0.15, 0.2) is 60.7 Å². The van der Waals surface area contributed by atoms with Crippen molar-refractivity contribution >= 4 is 12.0 Å². The predicted octanol–water partition coefficient (Wildman–Crippen LogP) is 2.57. The lowest BCUT2D eigenvalue weighted by atomic mass is 10.0. The van der Waals surface area contributed by atoms with Gasteiger partial charge in [-0.2, -0.15) is 0 Å². The second-order valence-corrected chi connectivity index (χ2v) is 4.91. The molecular formula is C18H20N2O4. The van der Waals surface area contributed by atoms with Gasteiger partial charge in [0.05, 0.1) is 6.61 Å². The van der Waals surface area contributed by atoms with Crippen LogP contribution >= 0.6 is 0 Å². The lowest BCUT2D eigenvalue weighted by Crippen LogP contribution is -2.43. The lowest BCUT2D eigenvalue weighted by Gasteiger charge is -2.18.